The van der Waals surface area contributed by atoms with Crippen LogP contribution in [0, 0.1) is 6.92 Å². The lowest BCUT2D eigenvalue weighted by atomic mass is 9.90. The van der Waals surface area contributed by atoms with Crippen molar-refractivity contribution in [3.8, 4) is 0 Å². The Kier molecular flexibility index (Phi) is 3.81. The van der Waals surface area contributed by atoms with E-state index in [4.69, 9.17) is 9.15 Å². The van der Waals surface area contributed by atoms with Crippen LogP contribution in [-0.4, -0.2) is 18.2 Å². The fourth-order valence-electron chi connectivity index (χ4n) is 2.52. The first-order valence-electron chi connectivity index (χ1n) is 6.76. The smallest absolute Gasteiger partial charge is 0.339 e. The number of benzene rings is 1. The van der Waals surface area contributed by atoms with E-state index in [0.29, 0.717) is 11.1 Å². The summed E-state index contributed by atoms with van der Waals surface area (Å²) in [6.45, 7) is 8.21. The second-order valence-corrected chi connectivity index (χ2v) is 6.06. The van der Waals surface area contributed by atoms with Gasteiger partial charge in [0.2, 0.25) is 0 Å². The zero-order valence-electron chi connectivity index (χ0n) is 13.0. The van der Waals surface area contributed by atoms with Crippen molar-refractivity contribution in [2.75, 3.05) is 7.11 Å². The van der Waals surface area contributed by atoms with E-state index in [1.54, 1.807) is 6.07 Å². The Labute approximate surface area is 124 Å². The Morgan fingerprint density at radius 1 is 1.33 bits per heavy atom. The summed E-state index contributed by atoms with van der Waals surface area (Å²) in [7, 11) is 1.43. The highest BCUT2D eigenvalue weighted by Crippen LogP contribution is 2.37. The van der Waals surface area contributed by atoms with Crippen LogP contribution in [0.25, 0.3) is 16.5 Å². The highest BCUT2D eigenvalue weighted by atomic mass is 16.5. The molecule has 0 aliphatic heterocycles. The number of rotatable bonds is 3. The Balaban J connectivity index is 2.78. The zero-order valence-corrected chi connectivity index (χ0v) is 13.0. The molecule has 4 nitrogen and oxygen atoms in total. The van der Waals surface area contributed by atoms with Gasteiger partial charge in [0.15, 0.2) is 0 Å². The lowest BCUT2D eigenvalue weighted by molar-refractivity contribution is -0.130. The minimum Gasteiger partial charge on any atom is -0.503 e. The van der Waals surface area contributed by atoms with E-state index in [9.17, 15) is 9.90 Å². The zero-order chi connectivity index (χ0) is 15.8. The number of furan rings is 1. The Morgan fingerprint density at radius 2 is 2.00 bits per heavy atom. The molecule has 2 rings (SSSR count). The first kappa shape index (κ1) is 15.2. The van der Waals surface area contributed by atoms with Crippen molar-refractivity contribution in [2.24, 2.45) is 0 Å². The van der Waals surface area contributed by atoms with E-state index in [-0.39, 0.29) is 11.0 Å². The third-order valence-electron chi connectivity index (χ3n) is 3.40. The normalized spacial score (nSPS) is 12.7. The summed E-state index contributed by atoms with van der Waals surface area (Å²) in [5, 5.41) is 10.3. The average Bonchev–Trinajstić information content (AvgIpc) is 2.73. The van der Waals surface area contributed by atoms with Gasteiger partial charge in [-0.3, -0.25) is 0 Å². The molecule has 0 saturated carbocycles. The Hall–Kier alpha value is -2.23. The highest BCUT2D eigenvalue weighted by molar-refractivity contribution is 6.18. The number of para-hydroxylation sites is 1. The molecule has 112 valence electrons. The van der Waals surface area contributed by atoms with Crippen LogP contribution in [0.1, 0.15) is 37.7 Å². The molecule has 1 aromatic carbocycles. The van der Waals surface area contributed by atoms with Gasteiger partial charge in [-0.05, 0) is 12.5 Å². The molecule has 4 heteroatoms. The van der Waals surface area contributed by atoms with Crippen molar-refractivity contribution < 1.29 is 19.1 Å². The van der Waals surface area contributed by atoms with Crippen molar-refractivity contribution >= 4 is 22.5 Å². The van der Waals surface area contributed by atoms with Gasteiger partial charge >= 0.3 is 5.97 Å². The number of carboxylic acids is 1. The van der Waals surface area contributed by atoms with Crippen molar-refractivity contribution in [3.63, 3.8) is 0 Å². The molecule has 0 aliphatic rings. The van der Waals surface area contributed by atoms with E-state index >= 15 is 0 Å². The maximum absolute atomic E-state index is 11.4. The summed E-state index contributed by atoms with van der Waals surface area (Å²) < 4.78 is 10.9. The van der Waals surface area contributed by atoms with Crippen LogP contribution in [-0.2, 0) is 14.9 Å². The molecule has 0 saturated heterocycles. The summed E-state index contributed by atoms with van der Waals surface area (Å²) in [5.74, 6) is -0.178. The highest BCUT2D eigenvalue weighted by Gasteiger charge is 2.25. The number of aryl methyl sites for hydroxylation is 1. The van der Waals surface area contributed by atoms with Crippen LogP contribution < -0.4 is 0 Å². The minimum absolute atomic E-state index is 0.0808. The fourth-order valence-corrected chi connectivity index (χ4v) is 2.52. The second-order valence-electron chi connectivity index (χ2n) is 6.06. The molecule has 2 aromatic rings. The summed E-state index contributed by atoms with van der Waals surface area (Å²) in [4.78, 5) is 11.4. The monoisotopic (exact) mass is 288 g/mol. The van der Waals surface area contributed by atoms with Crippen molar-refractivity contribution in [1.29, 1.82) is 0 Å². The molecular formula is C17H20O4. The molecule has 0 unspecified atom stereocenters. The number of carbonyl (C=O) groups is 1. The van der Waals surface area contributed by atoms with Gasteiger partial charge in [0.25, 0.3) is 0 Å². The predicted molar refractivity (Wildman–Crippen MR) is 82.3 cm³/mol. The van der Waals surface area contributed by atoms with E-state index in [1.165, 1.54) is 13.4 Å². The third-order valence-corrected chi connectivity index (χ3v) is 3.40. The number of carboxylic acid groups (broad SMARTS) is 1. The number of ether oxygens (including phenoxy) is 1. The first-order chi connectivity index (χ1) is 9.77. The summed E-state index contributed by atoms with van der Waals surface area (Å²) in [5.41, 5.74) is 2.10. The molecule has 0 fully saturated rings. The van der Waals surface area contributed by atoms with Crippen LogP contribution in [0.4, 0.5) is 0 Å². The van der Waals surface area contributed by atoms with Gasteiger partial charge in [-0.15, -0.1) is 0 Å². The van der Waals surface area contributed by atoms with Gasteiger partial charge in [-0.2, -0.15) is 0 Å². The van der Waals surface area contributed by atoms with Crippen molar-refractivity contribution in [3.05, 3.63) is 41.3 Å². The maximum Gasteiger partial charge on any atom is 0.339 e. The molecule has 0 aliphatic carbocycles. The van der Waals surface area contributed by atoms with E-state index < -0.39 is 5.97 Å². The minimum atomic E-state index is -1.05. The Morgan fingerprint density at radius 3 is 2.52 bits per heavy atom. The van der Waals surface area contributed by atoms with Gasteiger partial charge < -0.3 is 14.3 Å². The van der Waals surface area contributed by atoms with E-state index in [2.05, 4.69) is 20.8 Å². The molecule has 0 atom stereocenters. The van der Waals surface area contributed by atoms with Gasteiger partial charge in [-0.1, -0.05) is 39.0 Å². The maximum atomic E-state index is 11.4. The first-order valence-corrected chi connectivity index (χ1v) is 6.76. The molecule has 0 spiro atoms. The number of hydrogen-bond donors (Lipinski definition) is 1. The molecule has 1 N–H and O–H groups in total. The number of fused-ring (bicyclic) bond motifs is 1. The molecule has 1 heterocycles. The molecule has 0 radical (unpaired) electrons. The third kappa shape index (κ3) is 2.66. The largest absolute Gasteiger partial charge is 0.503 e. The van der Waals surface area contributed by atoms with E-state index in [0.717, 1.165) is 16.7 Å². The summed E-state index contributed by atoms with van der Waals surface area (Å²) >= 11 is 0. The van der Waals surface area contributed by atoms with E-state index in [1.807, 2.05) is 19.1 Å². The van der Waals surface area contributed by atoms with Crippen LogP contribution in [0.2, 0.25) is 0 Å². The van der Waals surface area contributed by atoms with Gasteiger partial charge in [0.05, 0.1) is 13.4 Å². The summed E-state index contributed by atoms with van der Waals surface area (Å²) in [6.07, 6.45) is 1.23. The van der Waals surface area contributed by atoms with Crippen LogP contribution in [0.5, 0.6) is 0 Å². The standard InChI is InChI=1S/C17H20O4/c1-10-11-7-6-8-12(13(9-20-5)16(18)19)14(11)21-15(10)17(2,3)4/h6-9H,1-5H3,(H,18,19). The lowest BCUT2D eigenvalue weighted by Crippen LogP contribution is -2.10. The Bertz CT molecular complexity index is 714. The van der Waals surface area contributed by atoms with Crippen LogP contribution in [0.3, 0.4) is 0 Å². The number of aliphatic carboxylic acids is 1. The molecule has 21 heavy (non-hydrogen) atoms. The van der Waals surface area contributed by atoms with Crippen molar-refractivity contribution in [2.45, 2.75) is 33.1 Å². The van der Waals surface area contributed by atoms with Crippen LogP contribution in [0.15, 0.2) is 28.9 Å². The fraction of sp³-hybridized carbons (Fsp3) is 0.353. The number of hydrogen-bond acceptors (Lipinski definition) is 3. The van der Waals surface area contributed by atoms with Gasteiger partial charge in [0.1, 0.15) is 16.9 Å². The van der Waals surface area contributed by atoms with Gasteiger partial charge in [0, 0.05) is 16.4 Å². The lowest BCUT2D eigenvalue weighted by Gasteiger charge is -2.15. The quantitative estimate of drug-likeness (QED) is 0.682. The number of methoxy groups -OCH3 is 1. The van der Waals surface area contributed by atoms with Gasteiger partial charge in [-0.25, -0.2) is 4.79 Å². The molecule has 1 aromatic heterocycles. The molecule has 0 amide bonds. The average molecular weight is 288 g/mol. The van der Waals surface area contributed by atoms with Crippen molar-refractivity contribution in [1.82, 2.24) is 0 Å². The molecular weight excluding hydrogens is 268 g/mol. The van der Waals surface area contributed by atoms with Crippen LogP contribution >= 0.6 is 0 Å². The SMILES string of the molecule is COC=C(C(=O)O)c1cccc2c(C)c(C(C)(C)C)oc12. The predicted octanol–water partition coefficient (Wildman–Crippen LogP) is 4.11. The molecule has 0 bridgehead atoms. The second kappa shape index (κ2) is 5.28. The topological polar surface area (TPSA) is 59.7 Å². The summed E-state index contributed by atoms with van der Waals surface area (Å²) in [6, 6.07) is 5.51.